The van der Waals surface area contributed by atoms with Gasteiger partial charge in [0.25, 0.3) is 0 Å². The van der Waals surface area contributed by atoms with Crippen molar-refractivity contribution in [2.45, 2.75) is 20.5 Å². The number of halogens is 1. The fourth-order valence-corrected chi connectivity index (χ4v) is 2.11. The van der Waals surface area contributed by atoms with Crippen molar-refractivity contribution in [2.75, 3.05) is 0 Å². The first kappa shape index (κ1) is 12.1. The van der Waals surface area contributed by atoms with Gasteiger partial charge in [-0.15, -0.1) is 0 Å². The van der Waals surface area contributed by atoms with Gasteiger partial charge in [0.2, 0.25) is 0 Å². The standard InChI is InChI=1S/C14H14BrNO/c1-10-5-12(8-16-7-10)9-17-14-4-3-13(15)6-11(14)2/h3-8H,9H2,1-2H3. The van der Waals surface area contributed by atoms with Crippen LogP contribution in [0.2, 0.25) is 0 Å². The number of hydrogen-bond donors (Lipinski definition) is 0. The van der Waals surface area contributed by atoms with Crippen molar-refractivity contribution in [1.29, 1.82) is 0 Å². The highest BCUT2D eigenvalue weighted by Gasteiger charge is 2.01. The Labute approximate surface area is 110 Å². The number of ether oxygens (including phenoxy) is 1. The predicted octanol–water partition coefficient (Wildman–Crippen LogP) is 4.04. The molecule has 0 fully saturated rings. The molecule has 0 N–H and O–H groups in total. The van der Waals surface area contributed by atoms with E-state index >= 15 is 0 Å². The maximum atomic E-state index is 5.77. The van der Waals surface area contributed by atoms with Crippen LogP contribution in [0.25, 0.3) is 0 Å². The highest BCUT2D eigenvalue weighted by molar-refractivity contribution is 9.10. The molecule has 0 aliphatic rings. The molecule has 3 heteroatoms. The van der Waals surface area contributed by atoms with Crippen molar-refractivity contribution in [1.82, 2.24) is 4.98 Å². The van der Waals surface area contributed by atoms with Crippen LogP contribution >= 0.6 is 15.9 Å². The summed E-state index contributed by atoms with van der Waals surface area (Å²) < 4.78 is 6.84. The molecule has 0 spiro atoms. The molecule has 2 nitrogen and oxygen atoms in total. The van der Waals surface area contributed by atoms with Gasteiger partial charge in [-0.2, -0.15) is 0 Å². The Morgan fingerprint density at radius 2 is 2.00 bits per heavy atom. The van der Waals surface area contributed by atoms with Gasteiger partial charge in [-0.25, -0.2) is 0 Å². The average Bonchev–Trinajstić information content (AvgIpc) is 2.28. The smallest absolute Gasteiger partial charge is 0.122 e. The number of aromatic nitrogens is 1. The summed E-state index contributed by atoms with van der Waals surface area (Å²) >= 11 is 3.44. The monoisotopic (exact) mass is 291 g/mol. The van der Waals surface area contributed by atoms with Gasteiger partial charge >= 0.3 is 0 Å². The Morgan fingerprint density at radius 3 is 2.71 bits per heavy atom. The van der Waals surface area contributed by atoms with Crippen LogP contribution in [0.1, 0.15) is 16.7 Å². The minimum Gasteiger partial charge on any atom is -0.489 e. The number of aryl methyl sites for hydroxylation is 2. The van der Waals surface area contributed by atoms with Crippen molar-refractivity contribution in [3.8, 4) is 5.75 Å². The normalized spacial score (nSPS) is 10.3. The van der Waals surface area contributed by atoms with E-state index in [2.05, 4.69) is 27.0 Å². The van der Waals surface area contributed by atoms with E-state index in [0.717, 1.165) is 26.9 Å². The zero-order valence-electron chi connectivity index (χ0n) is 9.90. The number of benzene rings is 1. The summed E-state index contributed by atoms with van der Waals surface area (Å²) in [6.45, 7) is 4.62. The van der Waals surface area contributed by atoms with E-state index in [4.69, 9.17) is 4.74 Å². The Kier molecular flexibility index (Phi) is 3.79. The minimum atomic E-state index is 0.553. The molecular weight excluding hydrogens is 278 g/mol. The second kappa shape index (κ2) is 5.32. The van der Waals surface area contributed by atoms with Crippen molar-refractivity contribution < 1.29 is 4.74 Å². The molecule has 0 aliphatic carbocycles. The molecule has 0 saturated carbocycles. The Morgan fingerprint density at radius 1 is 1.18 bits per heavy atom. The third-order valence-corrected chi connectivity index (χ3v) is 2.96. The van der Waals surface area contributed by atoms with Crippen molar-refractivity contribution >= 4 is 15.9 Å². The highest BCUT2D eigenvalue weighted by Crippen LogP contribution is 2.23. The first-order valence-corrected chi connectivity index (χ1v) is 6.24. The number of pyridine rings is 1. The van der Waals surface area contributed by atoms with Crippen LogP contribution in [-0.4, -0.2) is 4.98 Å². The zero-order valence-corrected chi connectivity index (χ0v) is 11.5. The number of nitrogens with zero attached hydrogens (tertiary/aromatic N) is 1. The molecular formula is C14H14BrNO. The summed E-state index contributed by atoms with van der Waals surface area (Å²) in [6.07, 6.45) is 3.68. The van der Waals surface area contributed by atoms with E-state index in [0.29, 0.717) is 6.61 Å². The maximum absolute atomic E-state index is 5.77. The SMILES string of the molecule is Cc1cncc(COc2ccc(Br)cc2C)c1. The van der Waals surface area contributed by atoms with Crippen molar-refractivity contribution in [3.05, 3.63) is 57.8 Å². The van der Waals surface area contributed by atoms with Crippen molar-refractivity contribution in [3.63, 3.8) is 0 Å². The third kappa shape index (κ3) is 3.30. The van der Waals surface area contributed by atoms with Crippen LogP contribution in [0, 0.1) is 13.8 Å². The van der Waals surface area contributed by atoms with E-state index < -0.39 is 0 Å². The second-order valence-electron chi connectivity index (χ2n) is 4.07. The molecule has 88 valence electrons. The summed E-state index contributed by atoms with van der Waals surface area (Å²) in [7, 11) is 0. The predicted molar refractivity (Wildman–Crippen MR) is 72.2 cm³/mol. The van der Waals surface area contributed by atoms with Gasteiger partial charge < -0.3 is 4.74 Å². The first-order valence-electron chi connectivity index (χ1n) is 5.44. The van der Waals surface area contributed by atoms with Gasteiger partial charge in [0, 0.05) is 22.4 Å². The molecule has 2 aromatic rings. The van der Waals surface area contributed by atoms with E-state index in [1.54, 1.807) is 0 Å². The van der Waals surface area contributed by atoms with E-state index in [1.807, 2.05) is 44.4 Å². The molecule has 1 aromatic carbocycles. The fourth-order valence-electron chi connectivity index (χ4n) is 1.63. The van der Waals surface area contributed by atoms with Gasteiger partial charge in [0.05, 0.1) is 0 Å². The van der Waals surface area contributed by atoms with Crippen LogP contribution < -0.4 is 4.74 Å². The molecule has 0 unspecified atom stereocenters. The molecule has 0 amide bonds. The summed E-state index contributed by atoms with van der Waals surface area (Å²) in [5.74, 6) is 0.912. The molecule has 0 saturated heterocycles. The lowest BCUT2D eigenvalue weighted by Crippen LogP contribution is -1.98. The first-order chi connectivity index (χ1) is 8.15. The lowest BCUT2D eigenvalue weighted by atomic mass is 10.2. The van der Waals surface area contributed by atoms with Crippen LogP contribution in [0.4, 0.5) is 0 Å². The van der Waals surface area contributed by atoms with Gasteiger partial charge in [-0.1, -0.05) is 15.9 Å². The van der Waals surface area contributed by atoms with Gasteiger partial charge in [0.15, 0.2) is 0 Å². The van der Waals surface area contributed by atoms with Crippen LogP contribution in [0.15, 0.2) is 41.1 Å². The zero-order chi connectivity index (χ0) is 12.3. The lowest BCUT2D eigenvalue weighted by Gasteiger charge is -2.09. The van der Waals surface area contributed by atoms with E-state index in [9.17, 15) is 0 Å². The summed E-state index contributed by atoms with van der Waals surface area (Å²) in [4.78, 5) is 4.15. The van der Waals surface area contributed by atoms with E-state index in [-0.39, 0.29) is 0 Å². The summed E-state index contributed by atoms with van der Waals surface area (Å²) in [5, 5.41) is 0. The molecule has 0 bridgehead atoms. The van der Waals surface area contributed by atoms with Crippen LogP contribution in [-0.2, 0) is 6.61 Å². The minimum absolute atomic E-state index is 0.553. The average molecular weight is 292 g/mol. The molecule has 0 aliphatic heterocycles. The highest BCUT2D eigenvalue weighted by atomic mass is 79.9. The molecule has 0 atom stereocenters. The third-order valence-electron chi connectivity index (χ3n) is 2.46. The van der Waals surface area contributed by atoms with Gasteiger partial charge in [-0.05, 0) is 49.2 Å². The molecule has 0 radical (unpaired) electrons. The lowest BCUT2D eigenvalue weighted by molar-refractivity contribution is 0.303. The van der Waals surface area contributed by atoms with Crippen LogP contribution in [0.5, 0.6) is 5.75 Å². The summed E-state index contributed by atoms with van der Waals surface area (Å²) in [6, 6.07) is 8.09. The van der Waals surface area contributed by atoms with Crippen LogP contribution in [0.3, 0.4) is 0 Å². The largest absolute Gasteiger partial charge is 0.489 e. The quantitative estimate of drug-likeness (QED) is 0.851. The Hall–Kier alpha value is -1.35. The summed E-state index contributed by atoms with van der Waals surface area (Å²) in [5.41, 5.74) is 3.37. The van der Waals surface area contributed by atoms with E-state index in [1.165, 1.54) is 0 Å². The van der Waals surface area contributed by atoms with Crippen molar-refractivity contribution in [2.24, 2.45) is 0 Å². The molecule has 1 heterocycles. The maximum Gasteiger partial charge on any atom is 0.122 e. The van der Waals surface area contributed by atoms with Gasteiger partial charge in [0.1, 0.15) is 12.4 Å². The van der Waals surface area contributed by atoms with Gasteiger partial charge in [-0.3, -0.25) is 4.98 Å². The Bertz CT molecular complexity index is 525. The Balaban J connectivity index is 2.07. The number of rotatable bonds is 3. The molecule has 1 aromatic heterocycles. The topological polar surface area (TPSA) is 22.1 Å². The molecule has 17 heavy (non-hydrogen) atoms. The number of hydrogen-bond acceptors (Lipinski definition) is 2. The molecule has 2 rings (SSSR count). The fraction of sp³-hybridized carbons (Fsp3) is 0.214. The second-order valence-corrected chi connectivity index (χ2v) is 4.98.